The minimum absolute atomic E-state index is 0.147. The van der Waals surface area contributed by atoms with E-state index in [2.05, 4.69) is 57.9 Å². The molecular formula is C29H35N9O2S. The molecule has 6 rings (SSSR count). The standard InChI is InChI=1S/C29H35N9O2S/c1-4-24(39)32-15-18-16-38(17-18)19-12-21(33-23(13-19)37-10-8-36(3)9-11-37)27-34-28(40-35-27)29(2)7-5-6-22-25(29)20(14-30)26(31)41-22/h4,12-13,18H,1,5-11,15-17,31H2,2-3H3,(H,32,39). The molecule has 41 heavy (non-hydrogen) atoms. The summed E-state index contributed by atoms with van der Waals surface area (Å²) in [6.45, 7) is 11.6. The summed E-state index contributed by atoms with van der Waals surface area (Å²) < 4.78 is 5.92. The topological polar surface area (TPSA) is 140 Å². The van der Waals surface area contributed by atoms with Crippen molar-refractivity contribution in [1.82, 2.24) is 25.3 Å². The van der Waals surface area contributed by atoms with Crippen LogP contribution in [-0.2, 0) is 16.6 Å². The molecule has 1 atom stereocenters. The number of nitrogens with two attached hydrogens (primary N) is 1. The molecular weight excluding hydrogens is 538 g/mol. The van der Waals surface area contributed by atoms with Crippen LogP contribution in [0, 0.1) is 17.2 Å². The van der Waals surface area contributed by atoms with Gasteiger partial charge >= 0.3 is 0 Å². The fraction of sp³-hybridized carbons (Fsp3) is 0.483. The molecule has 2 fully saturated rings. The molecule has 5 heterocycles. The molecule has 214 valence electrons. The Hall–Kier alpha value is -3.95. The lowest BCUT2D eigenvalue weighted by Crippen LogP contribution is -2.51. The first-order valence-corrected chi connectivity index (χ1v) is 14.9. The Bertz CT molecular complexity index is 1510. The fourth-order valence-electron chi connectivity index (χ4n) is 6.08. The van der Waals surface area contributed by atoms with Gasteiger partial charge in [0.25, 0.3) is 0 Å². The molecule has 2 aliphatic heterocycles. The number of carbonyl (C=O) groups is 1. The second-order valence-corrected chi connectivity index (χ2v) is 12.6. The first-order chi connectivity index (χ1) is 19.8. The van der Waals surface area contributed by atoms with Gasteiger partial charge in [-0.1, -0.05) is 11.7 Å². The SMILES string of the molecule is C=CC(=O)NCC1CN(c2cc(-c3noc(C4(C)CCCc5sc(N)c(C#N)c54)n3)nc(N3CCN(C)CC3)c2)C1. The molecule has 0 bridgehead atoms. The number of thiophene rings is 1. The molecule has 0 saturated carbocycles. The van der Waals surface area contributed by atoms with Crippen molar-refractivity contribution in [1.29, 1.82) is 5.26 Å². The number of anilines is 3. The molecule has 1 unspecified atom stereocenters. The van der Waals surface area contributed by atoms with Crippen LogP contribution < -0.4 is 20.9 Å². The maximum atomic E-state index is 11.6. The van der Waals surface area contributed by atoms with Gasteiger partial charge in [-0.2, -0.15) is 10.2 Å². The molecule has 3 aromatic heterocycles. The normalized spacial score (nSPS) is 21.2. The maximum Gasteiger partial charge on any atom is 0.243 e. The highest BCUT2D eigenvalue weighted by Gasteiger charge is 2.43. The first kappa shape index (κ1) is 27.2. The van der Waals surface area contributed by atoms with Gasteiger partial charge in [0.05, 0.1) is 11.0 Å². The van der Waals surface area contributed by atoms with E-state index in [1.807, 2.05) is 6.07 Å². The average molecular weight is 574 g/mol. The zero-order valence-corrected chi connectivity index (χ0v) is 24.3. The number of fused-ring (bicyclic) bond motifs is 1. The third-order valence-electron chi connectivity index (χ3n) is 8.58. The number of likely N-dealkylation sites (N-methyl/N-ethyl adjacent to an activating group) is 1. The average Bonchev–Trinajstić information content (AvgIpc) is 3.58. The number of hydrogen-bond acceptors (Lipinski definition) is 11. The number of aryl methyl sites for hydroxylation is 1. The molecule has 3 aliphatic rings. The summed E-state index contributed by atoms with van der Waals surface area (Å²) in [5, 5.41) is 17.7. The summed E-state index contributed by atoms with van der Waals surface area (Å²) in [7, 11) is 2.13. The minimum Gasteiger partial charge on any atom is -0.389 e. The lowest BCUT2D eigenvalue weighted by molar-refractivity contribution is -0.116. The van der Waals surface area contributed by atoms with Crippen LogP contribution in [0.5, 0.6) is 0 Å². The molecule has 2 saturated heterocycles. The van der Waals surface area contributed by atoms with Crippen molar-refractivity contribution in [3.05, 3.63) is 46.7 Å². The third-order valence-corrected chi connectivity index (χ3v) is 9.65. The van der Waals surface area contributed by atoms with Crippen LogP contribution in [0.4, 0.5) is 16.5 Å². The van der Waals surface area contributed by atoms with Gasteiger partial charge in [-0.15, -0.1) is 11.3 Å². The Morgan fingerprint density at radius 1 is 1.29 bits per heavy atom. The Balaban J connectivity index is 1.31. The zero-order valence-electron chi connectivity index (χ0n) is 23.5. The van der Waals surface area contributed by atoms with Crippen LogP contribution in [0.1, 0.15) is 41.7 Å². The number of carbonyl (C=O) groups excluding carboxylic acids is 1. The largest absolute Gasteiger partial charge is 0.389 e. The molecule has 0 radical (unpaired) electrons. The molecule has 0 aromatic carbocycles. The Kier molecular flexibility index (Phi) is 7.17. The molecule has 0 spiro atoms. The summed E-state index contributed by atoms with van der Waals surface area (Å²) in [6, 6.07) is 6.46. The van der Waals surface area contributed by atoms with Crippen LogP contribution >= 0.6 is 11.3 Å². The summed E-state index contributed by atoms with van der Waals surface area (Å²) >= 11 is 1.49. The molecule has 1 amide bonds. The van der Waals surface area contributed by atoms with Gasteiger partial charge in [0, 0.05) is 73.9 Å². The van der Waals surface area contributed by atoms with E-state index in [4.69, 9.17) is 20.2 Å². The van der Waals surface area contributed by atoms with E-state index in [9.17, 15) is 10.1 Å². The fourth-order valence-corrected chi connectivity index (χ4v) is 7.28. The number of aromatic nitrogens is 3. The van der Waals surface area contributed by atoms with Gasteiger partial charge in [0.15, 0.2) is 0 Å². The number of piperazine rings is 1. The van der Waals surface area contributed by atoms with Crippen LogP contribution in [-0.4, -0.2) is 78.8 Å². The second kappa shape index (κ2) is 10.8. The monoisotopic (exact) mass is 573 g/mol. The minimum atomic E-state index is -0.587. The predicted molar refractivity (Wildman–Crippen MR) is 159 cm³/mol. The van der Waals surface area contributed by atoms with Crippen LogP contribution in [0.3, 0.4) is 0 Å². The third kappa shape index (κ3) is 5.04. The zero-order chi connectivity index (χ0) is 28.7. The number of nitrogen functional groups attached to an aromatic ring is 1. The Morgan fingerprint density at radius 3 is 2.80 bits per heavy atom. The van der Waals surface area contributed by atoms with E-state index in [1.165, 1.54) is 17.4 Å². The highest BCUT2D eigenvalue weighted by molar-refractivity contribution is 7.16. The van der Waals surface area contributed by atoms with Crippen LogP contribution in [0.2, 0.25) is 0 Å². The maximum absolute atomic E-state index is 11.6. The van der Waals surface area contributed by atoms with Crippen molar-refractivity contribution in [2.24, 2.45) is 5.92 Å². The van der Waals surface area contributed by atoms with Crippen molar-refractivity contribution in [3.8, 4) is 17.6 Å². The smallest absolute Gasteiger partial charge is 0.243 e. The van der Waals surface area contributed by atoms with Gasteiger partial charge in [-0.25, -0.2) is 4.98 Å². The Morgan fingerprint density at radius 2 is 2.07 bits per heavy atom. The lowest BCUT2D eigenvalue weighted by Gasteiger charge is -2.42. The van der Waals surface area contributed by atoms with E-state index < -0.39 is 5.41 Å². The van der Waals surface area contributed by atoms with E-state index in [0.29, 0.717) is 40.4 Å². The van der Waals surface area contributed by atoms with Gasteiger partial charge in [0.1, 0.15) is 22.6 Å². The van der Waals surface area contributed by atoms with E-state index in [-0.39, 0.29) is 5.91 Å². The summed E-state index contributed by atoms with van der Waals surface area (Å²) in [4.78, 5) is 29.5. The molecule has 1 aliphatic carbocycles. The van der Waals surface area contributed by atoms with Crippen LogP contribution in [0.25, 0.3) is 11.5 Å². The summed E-state index contributed by atoms with van der Waals surface area (Å²) in [5.41, 5.74) is 8.79. The molecule has 11 nitrogen and oxygen atoms in total. The van der Waals surface area contributed by atoms with E-state index in [0.717, 1.165) is 80.5 Å². The molecule has 3 aromatic rings. The van der Waals surface area contributed by atoms with Crippen molar-refractivity contribution in [2.75, 3.05) is 68.4 Å². The van der Waals surface area contributed by atoms with E-state index in [1.54, 1.807) is 0 Å². The predicted octanol–water partition coefficient (Wildman–Crippen LogP) is 2.78. The number of nitriles is 1. The van der Waals surface area contributed by atoms with Crippen molar-refractivity contribution < 1.29 is 9.32 Å². The van der Waals surface area contributed by atoms with Gasteiger partial charge in [0.2, 0.25) is 17.6 Å². The second-order valence-electron chi connectivity index (χ2n) is 11.4. The van der Waals surface area contributed by atoms with Gasteiger partial charge in [-0.05, 0) is 45.4 Å². The molecule has 12 heteroatoms. The van der Waals surface area contributed by atoms with Gasteiger partial charge < -0.3 is 30.3 Å². The molecule has 3 N–H and O–H groups in total. The van der Waals surface area contributed by atoms with Crippen molar-refractivity contribution in [2.45, 2.75) is 31.6 Å². The summed E-state index contributed by atoms with van der Waals surface area (Å²) in [6.07, 6.45) is 3.95. The number of hydrogen-bond donors (Lipinski definition) is 2. The van der Waals surface area contributed by atoms with Crippen LogP contribution in [0.15, 0.2) is 29.3 Å². The highest BCUT2D eigenvalue weighted by Crippen LogP contribution is 2.48. The Labute approximate surface area is 243 Å². The number of nitrogens with one attached hydrogen (secondary N) is 1. The highest BCUT2D eigenvalue weighted by atomic mass is 32.1. The lowest BCUT2D eigenvalue weighted by atomic mass is 9.72. The van der Waals surface area contributed by atoms with Crippen molar-refractivity contribution in [3.63, 3.8) is 0 Å². The number of pyridine rings is 1. The first-order valence-electron chi connectivity index (χ1n) is 14.1. The van der Waals surface area contributed by atoms with Crippen molar-refractivity contribution >= 4 is 33.8 Å². The number of nitrogens with zero attached hydrogens (tertiary/aromatic N) is 7. The van der Waals surface area contributed by atoms with Gasteiger partial charge in [-0.3, -0.25) is 4.79 Å². The number of amides is 1. The quantitative estimate of drug-likeness (QED) is 0.406. The van der Waals surface area contributed by atoms with E-state index >= 15 is 0 Å². The summed E-state index contributed by atoms with van der Waals surface area (Å²) in [5.74, 6) is 2.03. The number of rotatable bonds is 7.